The highest BCUT2D eigenvalue weighted by atomic mass is 19.4. The number of halogens is 3. The summed E-state index contributed by atoms with van der Waals surface area (Å²) in [5, 5.41) is 21.0. The summed E-state index contributed by atoms with van der Waals surface area (Å²) in [4.78, 5) is 10.9. The molecule has 0 spiro atoms. The summed E-state index contributed by atoms with van der Waals surface area (Å²) in [5.41, 5.74) is -1.69. The molecule has 0 saturated heterocycles. The first-order valence-corrected chi connectivity index (χ1v) is 6.12. The minimum atomic E-state index is -4.70. The summed E-state index contributed by atoms with van der Waals surface area (Å²) < 4.78 is 37.9. The van der Waals surface area contributed by atoms with Crippen LogP contribution in [0.3, 0.4) is 0 Å². The lowest BCUT2D eigenvalue weighted by molar-refractivity contribution is -0.138. The van der Waals surface area contributed by atoms with E-state index in [2.05, 4.69) is 5.32 Å². The molecule has 0 amide bonds. The second-order valence-corrected chi connectivity index (χ2v) is 4.34. The number of nitrogens with one attached hydrogen (secondary N) is 1. The van der Waals surface area contributed by atoms with Crippen molar-refractivity contribution in [2.45, 2.75) is 32.0 Å². The molecule has 3 N–H and O–H groups in total. The maximum atomic E-state index is 12.6. The number of aliphatic hydroxyl groups is 1. The first-order chi connectivity index (χ1) is 9.25. The van der Waals surface area contributed by atoms with Crippen molar-refractivity contribution in [2.24, 2.45) is 0 Å². The number of anilines is 1. The van der Waals surface area contributed by atoms with Crippen LogP contribution >= 0.6 is 0 Å². The number of carboxylic acids is 1. The van der Waals surface area contributed by atoms with E-state index in [0.717, 1.165) is 12.1 Å². The van der Waals surface area contributed by atoms with Gasteiger partial charge >= 0.3 is 12.1 Å². The van der Waals surface area contributed by atoms with Gasteiger partial charge in [0.15, 0.2) is 0 Å². The molecule has 4 nitrogen and oxygen atoms in total. The molecule has 1 aromatic rings. The van der Waals surface area contributed by atoms with Gasteiger partial charge in [0.2, 0.25) is 0 Å². The van der Waals surface area contributed by atoms with Gasteiger partial charge in [-0.05, 0) is 31.0 Å². The Bertz CT molecular complexity index is 474. The largest absolute Gasteiger partial charge is 0.478 e. The number of carbonyl (C=O) groups is 1. The molecule has 1 rings (SSSR count). The van der Waals surface area contributed by atoms with Crippen LogP contribution in [0.5, 0.6) is 0 Å². The van der Waals surface area contributed by atoms with Crippen molar-refractivity contribution in [3.63, 3.8) is 0 Å². The predicted molar refractivity (Wildman–Crippen MR) is 67.8 cm³/mol. The van der Waals surface area contributed by atoms with Gasteiger partial charge in [-0.25, -0.2) is 4.79 Å². The number of alkyl halides is 3. The Hall–Kier alpha value is -1.76. The molecule has 20 heavy (non-hydrogen) atoms. The van der Waals surface area contributed by atoms with E-state index in [1.165, 1.54) is 6.07 Å². The third-order valence-corrected chi connectivity index (χ3v) is 2.83. The Labute approximate surface area is 114 Å². The summed E-state index contributed by atoms with van der Waals surface area (Å²) in [6.07, 6.45) is -4.18. The van der Waals surface area contributed by atoms with Gasteiger partial charge in [0.05, 0.1) is 17.2 Å². The van der Waals surface area contributed by atoms with Crippen LogP contribution in [-0.2, 0) is 6.18 Å². The van der Waals surface area contributed by atoms with Gasteiger partial charge in [-0.1, -0.05) is 6.92 Å². The van der Waals surface area contributed by atoms with Crippen molar-refractivity contribution >= 4 is 11.7 Å². The Balaban J connectivity index is 2.86. The zero-order valence-corrected chi connectivity index (χ0v) is 10.9. The standard InChI is InChI=1S/C13H16F3NO3/c1-2-9(18)5-6-17-8-3-4-11(13(14,15)16)10(7-8)12(19)20/h3-4,7,9,17-18H,2,5-6H2,1H3,(H,19,20). The summed E-state index contributed by atoms with van der Waals surface area (Å²) in [5.74, 6) is -1.63. The number of rotatable bonds is 6. The molecule has 0 saturated carbocycles. The fraction of sp³-hybridized carbons (Fsp3) is 0.462. The third kappa shape index (κ3) is 4.41. The van der Waals surface area contributed by atoms with E-state index >= 15 is 0 Å². The lowest BCUT2D eigenvalue weighted by atomic mass is 10.1. The highest BCUT2D eigenvalue weighted by Gasteiger charge is 2.35. The molecule has 0 aliphatic rings. The Morgan fingerprint density at radius 2 is 2.05 bits per heavy atom. The zero-order chi connectivity index (χ0) is 15.3. The van der Waals surface area contributed by atoms with Crippen LogP contribution in [0, 0.1) is 0 Å². The van der Waals surface area contributed by atoms with E-state index in [9.17, 15) is 23.1 Å². The maximum absolute atomic E-state index is 12.6. The number of benzene rings is 1. The van der Waals surface area contributed by atoms with Gasteiger partial charge in [0, 0.05) is 12.2 Å². The Morgan fingerprint density at radius 3 is 2.55 bits per heavy atom. The number of aromatic carboxylic acids is 1. The molecule has 0 heterocycles. The molecule has 0 radical (unpaired) electrons. The van der Waals surface area contributed by atoms with Crippen LogP contribution < -0.4 is 5.32 Å². The van der Waals surface area contributed by atoms with E-state index in [1.54, 1.807) is 0 Å². The molecule has 0 aliphatic carbocycles. The Morgan fingerprint density at radius 1 is 1.40 bits per heavy atom. The van der Waals surface area contributed by atoms with Crippen LogP contribution in [0.1, 0.15) is 35.7 Å². The number of carboxylic acid groups (broad SMARTS) is 1. The zero-order valence-electron chi connectivity index (χ0n) is 10.9. The van der Waals surface area contributed by atoms with E-state index in [-0.39, 0.29) is 5.69 Å². The SMILES string of the molecule is CCC(O)CCNc1ccc(C(F)(F)F)c(C(=O)O)c1. The lowest BCUT2D eigenvalue weighted by Gasteiger charge is -2.13. The van der Waals surface area contributed by atoms with Gasteiger partial charge in [0.1, 0.15) is 0 Å². The van der Waals surface area contributed by atoms with Gasteiger partial charge < -0.3 is 15.5 Å². The van der Waals surface area contributed by atoms with Gasteiger partial charge in [0.25, 0.3) is 0 Å². The second-order valence-electron chi connectivity index (χ2n) is 4.34. The van der Waals surface area contributed by atoms with Crippen LogP contribution in [0.4, 0.5) is 18.9 Å². The maximum Gasteiger partial charge on any atom is 0.417 e. The molecule has 0 bridgehead atoms. The van der Waals surface area contributed by atoms with E-state index in [1.807, 2.05) is 6.92 Å². The first-order valence-electron chi connectivity index (χ1n) is 6.12. The predicted octanol–water partition coefficient (Wildman–Crippen LogP) is 2.98. The van der Waals surface area contributed by atoms with Gasteiger partial charge in [-0.15, -0.1) is 0 Å². The molecule has 0 aliphatic heterocycles. The molecule has 1 unspecified atom stereocenters. The molecule has 7 heteroatoms. The second kappa shape index (κ2) is 6.60. The number of aliphatic hydroxyl groups excluding tert-OH is 1. The van der Waals surface area contributed by atoms with Crippen molar-refractivity contribution in [3.05, 3.63) is 29.3 Å². The molecule has 0 fully saturated rings. The lowest BCUT2D eigenvalue weighted by Crippen LogP contribution is -2.15. The van der Waals surface area contributed by atoms with Crippen LogP contribution in [-0.4, -0.2) is 28.8 Å². The smallest absolute Gasteiger partial charge is 0.417 e. The first kappa shape index (κ1) is 16.3. The van der Waals surface area contributed by atoms with Crippen molar-refractivity contribution < 1.29 is 28.2 Å². The summed E-state index contributed by atoms with van der Waals surface area (Å²) >= 11 is 0. The minimum Gasteiger partial charge on any atom is -0.478 e. The van der Waals surface area contributed by atoms with Crippen molar-refractivity contribution in [1.29, 1.82) is 0 Å². The van der Waals surface area contributed by atoms with Crippen LogP contribution in [0.2, 0.25) is 0 Å². The van der Waals surface area contributed by atoms with Gasteiger partial charge in [-0.3, -0.25) is 0 Å². The highest BCUT2D eigenvalue weighted by molar-refractivity contribution is 5.91. The van der Waals surface area contributed by atoms with Crippen LogP contribution in [0.25, 0.3) is 0 Å². The minimum absolute atomic E-state index is 0.277. The number of hydrogen-bond donors (Lipinski definition) is 3. The monoisotopic (exact) mass is 291 g/mol. The molecule has 1 atom stereocenters. The van der Waals surface area contributed by atoms with Crippen molar-refractivity contribution in [3.8, 4) is 0 Å². The Kier molecular flexibility index (Phi) is 5.38. The fourth-order valence-corrected chi connectivity index (χ4v) is 1.67. The third-order valence-electron chi connectivity index (χ3n) is 2.83. The summed E-state index contributed by atoms with van der Waals surface area (Å²) in [6, 6.07) is 2.86. The van der Waals surface area contributed by atoms with E-state index in [4.69, 9.17) is 5.11 Å². The van der Waals surface area contributed by atoms with Crippen molar-refractivity contribution in [2.75, 3.05) is 11.9 Å². The molecular formula is C13H16F3NO3. The van der Waals surface area contributed by atoms with Crippen molar-refractivity contribution in [1.82, 2.24) is 0 Å². The highest BCUT2D eigenvalue weighted by Crippen LogP contribution is 2.33. The van der Waals surface area contributed by atoms with E-state index < -0.39 is 29.4 Å². The normalized spacial score (nSPS) is 13.1. The topological polar surface area (TPSA) is 69.6 Å². The fourth-order valence-electron chi connectivity index (χ4n) is 1.67. The van der Waals surface area contributed by atoms with Gasteiger partial charge in [-0.2, -0.15) is 13.2 Å². The summed E-state index contributed by atoms with van der Waals surface area (Å²) in [6.45, 7) is 2.16. The number of hydrogen-bond acceptors (Lipinski definition) is 3. The molecule has 0 aromatic heterocycles. The molecule has 1 aromatic carbocycles. The van der Waals surface area contributed by atoms with E-state index in [0.29, 0.717) is 19.4 Å². The summed E-state index contributed by atoms with van der Waals surface area (Å²) in [7, 11) is 0. The molecule has 112 valence electrons. The average molecular weight is 291 g/mol. The average Bonchev–Trinajstić information content (AvgIpc) is 2.37. The molecular weight excluding hydrogens is 275 g/mol. The van der Waals surface area contributed by atoms with Crippen LogP contribution in [0.15, 0.2) is 18.2 Å². The quantitative estimate of drug-likeness (QED) is 0.753.